The number of aliphatic carboxylic acids is 1. The molecule has 0 unspecified atom stereocenters. The number of nitrogens with one attached hydrogen (secondary N) is 1. The van der Waals surface area contributed by atoms with Crippen LogP contribution in [0.25, 0.3) is 0 Å². The van der Waals surface area contributed by atoms with Crippen LogP contribution < -0.4 is 11.1 Å². The van der Waals surface area contributed by atoms with Crippen molar-refractivity contribution in [3.8, 4) is 0 Å². The summed E-state index contributed by atoms with van der Waals surface area (Å²) in [5.41, 5.74) is 5.41. The average Bonchev–Trinajstić information content (AvgIpc) is 3.19. The van der Waals surface area contributed by atoms with Crippen LogP contribution in [0.4, 0.5) is 5.13 Å². The fourth-order valence-corrected chi connectivity index (χ4v) is 4.91. The van der Waals surface area contributed by atoms with Crippen LogP contribution >= 0.6 is 23.1 Å². The molecule has 2 aliphatic rings. The van der Waals surface area contributed by atoms with E-state index < -0.39 is 41.1 Å². The van der Waals surface area contributed by atoms with E-state index in [-0.39, 0.29) is 34.6 Å². The predicted molar refractivity (Wildman–Crippen MR) is 120 cm³/mol. The maximum atomic E-state index is 12.8. The first-order valence-corrected chi connectivity index (χ1v) is 11.5. The fraction of sp³-hybridized carbons (Fsp3) is 0.316. The minimum absolute atomic E-state index is 0.0436. The van der Waals surface area contributed by atoms with Gasteiger partial charge in [-0.3, -0.25) is 19.3 Å². The van der Waals surface area contributed by atoms with Crippen molar-refractivity contribution in [3.05, 3.63) is 34.5 Å². The van der Waals surface area contributed by atoms with Crippen molar-refractivity contribution in [3.63, 3.8) is 0 Å². The number of hydrogen-bond donors (Lipinski definition) is 3. The van der Waals surface area contributed by atoms with E-state index in [9.17, 15) is 29.1 Å². The predicted octanol–water partition coefficient (Wildman–Crippen LogP) is -0.150. The number of carboxylic acids is 1. The van der Waals surface area contributed by atoms with Gasteiger partial charge in [0.1, 0.15) is 29.4 Å². The van der Waals surface area contributed by atoms with Crippen molar-refractivity contribution in [1.82, 2.24) is 15.2 Å². The third kappa shape index (κ3) is 5.43. The molecule has 2 amide bonds. The fourth-order valence-electron chi connectivity index (χ4n) is 3.05. The van der Waals surface area contributed by atoms with Crippen LogP contribution in [0.2, 0.25) is 0 Å². The number of allylic oxidation sites excluding steroid dienone is 1. The summed E-state index contributed by atoms with van der Waals surface area (Å²) in [5.74, 6) is -3.82. The molecule has 1 fully saturated rings. The Bertz CT molecular complexity index is 1140. The van der Waals surface area contributed by atoms with E-state index in [1.165, 1.54) is 36.2 Å². The summed E-state index contributed by atoms with van der Waals surface area (Å²) in [6.45, 7) is 2.30. The lowest BCUT2D eigenvalue weighted by atomic mass is 10.0. The molecule has 0 bridgehead atoms. The summed E-state index contributed by atoms with van der Waals surface area (Å²) in [6, 6.07) is -1.04. The zero-order valence-corrected chi connectivity index (χ0v) is 19.5. The Kier molecular flexibility index (Phi) is 7.68. The van der Waals surface area contributed by atoms with E-state index in [4.69, 9.17) is 10.5 Å². The van der Waals surface area contributed by atoms with E-state index in [2.05, 4.69) is 20.3 Å². The highest BCUT2D eigenvalue weighted by Gasteiger charge is 2.54. The number of β-lactam (4-membered cyclic amide) rings is 1. The summed E-state index contributed by atoms with van der Waals surface area (Å²) in [4.78, 5) is 69.1. The molecule has 13 nitrogen and oxygen atoms in total. The zero-order valence-electron chi connectivity index (χ0n) is 17.8. The second kappa shape index (κ2) is 10.5. The zero-order chi connectivity index (χ0) is 25.0. The van der Waals surface area contributed by atoms with Crippen LogP contribution in [0.5, 0.6) is 0 Å². The molecule has 15 heteroatoms. The molecule has 2 aliphatic heterocycles. The van der Waals surface area contributed by atoms with Gasteiger partial charge in [0.05, 0.1) is 0 Å². The number of rotatable bonds is 8. The number of carboxylic acid groups (broad SMARTS) is 1. The first-order chi connectivity index (χ1) is 16.1. The highest BCUT2D eigenvalue weighted by molar-refractivity contribution is 8.00. The molecular weight excluding hydrogens is 490 g/mol. The number of nitrogens with two attached hydrogens (primary N) is 1. The minimum Gasteiger partial charge on any atom is -0.477 e. The number of nitrogens with zero attached hydrogens (tertiary/aromatic N) is 3. The number of esters is 1. The molecule has 0 spiro atoms. The number of carbonyl (C=O) groups excluding carboxylic acids is 4. The molecular formula is C19H19N5O8S2. The number of amides is 2. The van der Waals surface area contributed by atoms with E-state index in [1.807, 2.05) is 0 Å². The topological polar surface area (TPSA) is 191 Å². The normalized spacial score (nSPS) is 20.0. The van der Waals surface area contributed by atoms with Gasteiger partial charge in [0.2, 0.25) is 0 Å². The maximum absolute atomic E-state index is 12.8. The number of carbonyl (C=O) groups is 5. The second-order valence-electron chi connectivity index (χ2n) is 6.84. The lowest BCUT2D eigenvalue weighted by Crippen LogP contribution is -2.71. The molecule has 2 atom stereocenters. The number of thioether (sulfide) groups is 1. The smallest absolute Gasteiger partial charge is 0.352 e. The number of aromatic nitrogens is 1. The minimum atomic E-state index is -1.31. The van der Waals surface area contributed by atoms with Gasteiger partial charge in [0, 0.05) is 25.0 Å². The molecule has 4 N–H and O–H groups in total. The Morgan fingerprint density at radius 3 is 2.68 bits per heavy atom. The van der Waals surface area contributed by atoms with Crippen LogP contribution in [0.1, 0.15) is 19.5 Å². The summed E-state index contributed by atoms with van der Waals surface area (Å²) in [7, 11) is 0. The largest absolute Gasteiger partial charge is 0.477 e. The lowest BCUT2D eigenvalue weighted by molar-refractivity contribution is -0.150. The molecule has 3 heterocycles. The Hall–Kier alpha value is -3.72. The van der Waals surface area contributed by atoms with Crippen LogP contribution in [-0.4, -0.2) is 74.2 Å². The average molecular weight is 510 g/mol. The summed E-state index contributed by atoms with van der Waals surface area (Å²) in [6.07, 6.45) is 2.95. The maximum Gasteiger partial charge on any atom is 0.352 e. The van der Waals surface area contributed by atoms with Crippen molar-refractivity contribution in [1.29, 1.82) is 0 Å². The number of hydrogen-bond acceptors (Lipinski definition) is 12. The number of anilines is 1. The number of fused-ring (bicyclic) bond motifs is 1. The third-order valence-electron chi connectivity index (χ3n) is 4.43. The summed E-state index contributed by atoms with van der Waals surface area (Å²) < 4.78 is 4.78. The highest BCUT2D eigenvalue weighted by Crippen LogP contribution is 2.40. The molecule has 0 aliphatic carbocycles. The second-order valence-corrected chi connectivity index (χ2v) is 8.83. The monoisotopic (exact) mass is 509 g/mol. The van der Waals surface area contributed by atoms with Crippen molar-refractivity contribution in [2.45, 2.75) is 25.3 Å². The van der Waals surface area contributed by atoms with Gasteiger partial charge in [0.25, 0.3) is 11.8 Å². The van der Waals surface area contributed by atoms with Gasteiger partial charge in [-0.25, -0.2) is 14.6 Å². The van der Waals surface area contributed by atoms with Crippen LogP contribution in [0, 0.1) is 0 Å². The van der Waals surface area contributed by atoms with E-state index >= 15 is 0 Å². The van der Waals surface area contributed by atoms with Gasteiger partial charge in [-0.15, -0.1) is 23.1 Å². The molecule has 0 saturated carbocycles. The number of oxime groups is 1. The molecule has 0 aromatic carbocycles. The molecule has 180 valence electrons. The van der Waals surface area contributed by atoms with Gasteiger partial charge < -0.3 is 25.7 Å². The van der Waals surface area contributed by atoms with E-state index in [0.29, 0.717) is 5.57 Å². The van der Waals surface area contributed by atoms with E-state index in [1.54, 1.807) is 0 Å². The lowest BCUT2D eigenvalue weighted by Gasteiger charge is -2.49. The molecule has 1 aromatic heterocycles. The standard InChI is InChI=1S/C19H19N5O8S2/c1-8(25)31-5-3-4-10-6-33-17-13(16(28)24(17)14(10)18(29)30)22-15(27)12(23-32-9(2)26)11-7-34-19(20)21-11/h3-4,7,13,17H,5-6H2,1-2H3,(H2,20,21)(H,22,27)(H,29,30)/b4-3-,23-12-/t13-,17+/m1/s1. The molecule has 3 rings (SSSR count). The van der Waals surface area contributed by atoms with Gasteiger partial charge >= 0.3 is 17.9 Å². The van der Waals surface area contributed by atoms with Gasteiger partial charge in [-0.05, 0) is 11.6 Å². The Balaban J connectivity index is 1.77. The molecule has 34 heavy (non-hydrogen) atoms. The van der Waals surface area contributed by atoms with Crippen LogP contribution in [-0.2, 0) is 33.5 Å². The quantitative estimate of drug-likeness (QED) is 0.139. The van der Waals surface area contributed by atoms with Gasteiger partial charge in [-0.1, -0.05) is 11.2 Å². The van der Waals surface area contributed by atoms with Gasteiger partial charge in [0.15, 0.2) is 10.8 Å². The molecule has 1 aromatic rings. The Morgan fingerprint density at radius 1 is 1.35 bits per heavy atom. The summed E-state index contributed by atoms with van der Waals surface area (Å²) >= 11 is 2.28. The summed E-state index contributed by atoms with van der Waals surface area (Å²) in [5, 5.41) is 16.6. The number of ether oxygens (including phenoxy) is 1. The SMILES string of the molecule is CC(=O)OC/C=C\C1=C(C(=O)O)N2C(=O)[C@@H](NC(=O)/C(=N\OC(C)=O)c3csc(N)n3)[C@@H]2SC1. The highest BCUT2D eigenvalue weighted by atomic mass is 32.2. The van der Waals surface area contributed by atoms with Gasteiger partial charge in [-0.2, -0.15) is 0 Å². The van der Waals surface area contributed by atoms with Crippen molar-refractivity contribution in [2.75, 3.05) is 18.1 Å². The number of thiazole rings is 1. The Labute approximate surface area is 200 Å². The van der Waals surface area contributed by atoms with E-state index in [0.717, 1.165) is 23.2 Å². The first kappa shape index (κ1) is 24.9. The molecule has 1 saturated heterocycles. The van der Waals surface area contributed by atoms with Crippen molar-refractivity contribution < 1.29 is 38.7 Å². The van der Waals surface area contributed by atoms with Crippen molar-refractivity contribution >= 4 is 63.7 Å². The number of nitrogen functional groups attached to an aromatic ring is 1. The van der Waals surface area contributed by atoms with Crippen LogP contribution in [0.3, 0.4) is 0 Å². The van der Waals surface area contributed by atoms with Crippen molar-refractivity contribution in [2.24, 2.45) is 5.16 Å². The first-order valence-electron chi connectivity index (χ1n) is 9.59. The third-order valence-corrected chi connectivity index (χ3v) is 6.41. The molecule has 0 radical (unpaired) electrons. The van der Waals surface area contributed by atoms with Crippen LogP contribution in [0.15, 0.2) is 34.0 Å². The Morgan fingerprint density at radius 2 is 2.09 bits per heavy atom.